The van der Waals surface area contributed by atoms with Crippen molar-refractivity contribution in [2.45, 2.75) is 40.3 Å². The molecule has 0 aliphatic carbocycles. The third-order valence-electron chi connectivity index (χ3n) is 4.64. The van der Waals surface area contributed by atoms with Crippen LogP contribution in [0.25, 0.3) is 22.6 Å². The van der Waals surface area contributed by atoms with E-state index in [1.807, 2.05) is 25.1 Å². The standard InChI is InChI=1S/C23H23F2NO2/c1-5-15-11-18(19(25)12-17(15)21(27)13(2)3)20-22(16-9-7-6-8-10-16)28-23(26-20)14(4)24/h6-14H,5H2,1-4H3. The molecule has 1 heterocycles. The fourth-order valence-electron chi connectivity index (χ4n) is 3.11. The lowest BCUT2D eigenvalue weighted by molar-refractivity contribution is 0.0938. The molecule has 3 aromatic rings. The first kappa shape index (κ1) is 19.9. The van der Waals surface area contributed by atoms with E-state index in [-0.39, 0.29) is 28.8 Å². The molecule has 1 atom stereocenters. The van der Waals surface area contributed by atoms with Crippen molar-refractivity contribution in [3.63, 3.8) is 0 Å². The van der Waals surface area contributed by atoms with Crippen LogP contribution in [0.3, 0.4) is 0 Å². The van der Waals surface area contributed by atoms with E-state index in [1.165, 1.54) is 13.0 Å². The third-order valence-corrected chi connectivity index (χ3v) is 4.64. The summed E-state index contributed by atoms with van der Waals surface area (Å²) in [7, 11) is 0. The van der Waals surface area contributed by atoms with Crippen molar-refractivity contribution in [2.24, 2.45) is 5.92 Å². The molecule has 0 N–H and O–H groups in total. The molecule has 5 heteroatoms. The van der Waals surface area contributed by atoms with Gasteiger partial charge in [-0.1, -0.05) is 51.1 Å². The number of carbonyl (C=O) groups is 1. The van der Waals surface area contributed by atoms with E-state index in [1.54, 1.807) is 32.0 Å². The SMILES string of the molecule is CCc1cc(-c2nc(C(C)F)oc2-c2ccccc2)c(F)cc1C(=O)C(C)C. The summed E-state index contributed by atoms with van der Waals surface area (Å²) >= 11 is 0. The number of aryl methyl sites for hydroxylation is 1. The molecule has 0 saturated heterocycles. The van der Waals surface area contributed by atoms with Crippen LogP contribution in [-0.2, 0) is 6.42 Å². The highest BCUT2D eigenvalue weighted by molar-refractivity contribution is 5.99. The van der Waals surface area contributed by atoms with Crippen molar-refractivity contribution in [3.05, 3.63) is 65.3 Å². The van der Waals surface area contributed by atoms with E-state index >= 15 is 4.39 Å². The highest BCUT2D eigenvalue weighted by atomic mass is 19.1. The molecule has 0 saturated carbocycles. The van der Waals surface area contributed by atoms with Gasteiger partial charge in [-0.05, 0) is 31.0 Å². The first-order valence-corrected chi connectivity index (χ1v) is 9.40. The number of alkyl halides is 1. The van der Waals surface area contributed by atoms with Gasteiger partial charge in [0.1, 0.15) is 11.5 Å². The highest BCUT2D eigenvalue weighted by Gasteiger charge is 2.24. The predicted octanol–water partition coefficient (Wildman–Crippen LogP) is 6.58. The molecule has 3 rings (SSSR count). The van der Waals surface area contributed by atoms with Crippen LogP contribution in [0.2, 0.25) is 0 Å². The second-order valence-corrected chi connectivity index (χ2v) is 7.07. The van der Waals surface area contributed by atoms with Crippen molar-refractivity contribution in [3.8, 4) is 22.6 Å². The number of aromatic nitrogens is 1. The molecule has 0 fully saturated rings. The number of nitrogens with zero attached hydrogens (tertiary/aromatic N) is 1. The average Bonchev–Trinajstić information content (AvgIpc) is 3.13. The maximum Gasteiger partial charge on any atom is 0.229 e. The minimum Gasteiger partial charge on any atom is -0.437 e. The van der Waals surface area contributed by atoms with Gasteiger partial charge in [0.2, 0.25) is 5.89 Å². The van der Waals surface area contributed by atoms with Gasteiger partial charge in [-0.2, -0.15) is 0 Å². The monoisotopic (exact) mass is 383 g/mol. The summed E-state index contributed by atoms with van der Waals surface area (Å²) in [5.74, 6) is -0.715. The number of benzene rings is 2. The Morgan fingerprint density at radius 3 is 2.39 bits per heavy atom. The van der Waals surface area contributed by atoms with Crippen molar-refractivity contribution in [2.75, 3.05) is 0 Å². The Morgan fingerprint density at radius 2 is 1.82 bits per heavy atom. The Bertz CT molecular complexity index is 991. The zero-order chi connectivity index (χ0) is 20.4. The number of ketones is 1. The second-order valence-electron chi connectivity index (χ2n) is 7.07. The normalized spacial score (nSPS) is 12.4. The summed E-state index contributed by atoms with van der Waals surface area (Å²) in [6.07, 6.45) is -0.863. The lowest BCUT2D eigenvalue weighted by Crippen LogP contribution is -2.11. The minimum atomic E-state index is -1.42. The quantitative estimate of drug-likeness (QED) is 0.452. The maximum atomic E-state index is 15.1. The van der Waals surface area contributed by atoms with Crippen LogP contribution in [0.1, 0.15) is 55.7 Å². The third kappa shape index (κ3) is 3.75. The Labute approximate surface area is 163 Å². The summed E-state index contributed by atoms with van der Waals surface area (Å²) in [5.41, 5.74) is 2.22. The van der Waals surface area contributed by atoms with Crippen molar-refractivity contribution in [1.82, 2.24) is 4.98 Å². The van der Waals surface area contributed by atoms with Crippen molar-refractivity contribution >= 4 is 5.78 Å². The van der Waals surface area contributed by atoms with E-state index in [2.05, 4.69) is 4.98 Å². The fraction of sp³-hybridized carbons (Fsp3) is 0.304. The van der Waals surface area contributed by atoms with Gasteiger partial charge in [0.25, 0.3) is 0 Å². The summed E-state index contributed by atoms with van der Waals surface area (Å²) < 4.78 is 34.6. The number of carbonyl (C=O) groups excluding carboxylic acids is 1. The predicted molar refractivity (Wildman–Crippen MR) is 105 cm³/mol. The summed E-state index contributed by atoms with van der Waals surface area (Å²) in [6.45, 7) is 6.80. The van der Waals surface area contributed by atoms with E-state index in [0.29, 0.717) is 23.3 Å². The van der Waals surface area contributed by atoms with Gasteiger partial charge in [0.15, 0.2) is 17.7 Å². The van der Waals surface area contributed by atoms with E-state index in [0.717, 1.165) is 5.56 Å². The van der Waals surface area contributed by atoms with Crippen LogP contribution >= 0.6 is 0 Å². The van der Waals surface area contributed by atoms with Crippen molar-refractivity contribution < 1.29 is 18.0 Å². The molecule has 0 bridgehead atoms. The molecule has 146 valence electrons. The number of halogens is 2. The van der Waals surface area contributed by atoms with Gasteiger partial charge >= 0.3 is 0 Å². The highest BCUT2D eigenvalue weighted by Crippen LogP contribution is 2.37. The fourth-order valence-corrected chi connectivity index (χ4v) is 3.11. The molecule has 3 nitrogen and oxygen atoms in total. The lowest BCUT2D eigenvalue weighted by atomic mass is 9.92. The zero-order valence-electron chi connectivity index (χ0n) is 16.4. The topological polar surface area (TPSA) is 43.1 Å². The van der Waals surface area contributed by atoms with Gasteiger partial charge in [0.05, 0.1) is 0 Å². The number of oxazole rings is 1. The molecular formula is C23H23F2NO2. The Hall–Kier alpha value is -2.82. The molecule has 28 heavy (non-hydrogen) atoms. The molecule has 0 spiro atoms. The van der Waals surface area contributed by atoms with Gasteiger partial charge < -0.3 is 4.42 Å². The lowest BCUT2D eigenvalue weighted by Gasteiger charge is -2.12. The molecule has 1 unspecified atom stereocenters. The molecule has 2 aromatic carbocycles. The second kappa shape index (κ2) is 8.05. The van der Waals surface area contributed by atoms with Crippen LogP contribution in [0.15, 0.2) is 46.9 Å². The molecule has 0 aliphatic heterocycles. The van der Waals surface area contributed by atoms with Crippen LogP contribution < -0.4 is 0 Å². The zero-order valence-corrected chi connectivity index (χ0v) is 16.4. The summed E-state index contributed by atoms with van der Waals surface area (Å²) in [5, 5.41) is 0. The largest absolute Gasteiger partial charge is 0.437 e. The van der Waals surface area contributed by atoms with E-state index in [4.69, 9.17) is 4.42 Å². The first-order chi connectivity index (χ1) is 13.3. The van der Waals surface area contributed by atoms with Crippen LogP contribution in [0, 0.1) is 11.7 Å². The molecular weight excluding hydrogens is 360 g/mol. The molecule has 0 amide bonds. The van der Waals surface area contributed by atoms with E-state index < -0.39 is 12.0 Å². The van der Waals surface area contributed by atoms with Gasteiger partial charge in [-0.25, -0.2) is 13.8 Å². The molecule has 0 radical (unpaired) electrons. The molecule has 0 aliphatic rings. The first-order valence-electron chi connectivity index (χ1n) is 9.40. The Morgan fingerprint density at radius 1 is 1.14 bits per heavy atom. The Kier molecular flexibility index (Phi) is 5.73. The number of hydrogen-bond donors (Lipinski definition) is 0. The summed E-state index contributed by atoms with van der Waals surface area (Å²) in [6, 6.07) is 12.0. The van der Waals surface area contributed by atoms with Crippen LogP contribution in [-0.4, -0.2) is 10.8 Å². The van der Waals surface area contributed by atoms with E-state index in [9.17, 15) is 9.18 Å². The maximum absolute atomic E-state index is 15.1. The van der Waals surface area contributed by atoms with Crippen LogP contribution in [0.4, 0.5) is 8.78 Å². The minimum absolute atomic E-state index is 0.103. The average molecular weight is 383 g/mol. The van der Waals surface area contributed by atoms with Crippen molar-refractivity contribution in [1.29, 1.82) is 0 Å². The number of rotatable bonds is 6. The smallest absolute Gasteiger partial charge is 0.229 e. The Balaban J connectivity index is 2.22. The van der Waals surface area contributed by atoms with Crippen LogP contribution in [0.5, 0.6) is 0 Å². The van der Waals surface area contributed by atoms with Gasteiger partial charge in [-0.3, -0.25) is 4.79 Å². The number of Topliss-reactive ketones (excluding diaryl/α,β-unsaturated/α-hetero) is 1. The number of hydrogen-bond acceptors (Lipinski definition) is 3. The molecule has 1 aromatic heterocycles. The van der Waals surface area contributed by atoms with Gasteiger partial charge in [0, 0.05) is 22.6 Å². The summed E-state index contributed by atoms with van der Waals surface area (Å²) in [4.78, 5) is 16.7. The van der Waals surface area contributed by atoms with Gasteiger partial charge in [-0.15, -0.1) is 0 Å².